The van der Waals surface area contributed by atoms with Gasteiger partial charge in [0.15, 0.2) is 5.96 Å². The number of hydrogen-bond acceptors (Lipinski definition) is 2. The van der Waals surface area contributed by atoms with Crippen molar-refractivity contribution >= 4 is 5.96 Å². The Morgan fingerprint density at radius 3 is 2.68 bits per heavy atom. The molecule has 22 heavy (non-hydrogen) atoms. The molecule has 2 rings (SSSR count). The Bertz CT molecular complexity index is 599. The summed E-state index contributed by atoms with van der Waals surface area (Å²) in [4.78, 5) is 8.37. The molecule has 0 amide bonds. The smallest absolute Gasteiger partial charge is 0.191 e. The summed E-state index contributed by atoms with van der Waals surface area (Å²) in [6.45, 7) is 3.73. The van der Waals surface area contributed by atoms with Crippen LogP contribution in [-0.2, 0) is 13.0 Å². The number of hydrogen-bond donors (Lipinski definition) is 2. The molecule has 0 bridgehead atoms. The van der Waals surface area contributed by atoms with E-state index in [1.54, 1.807) is 12.3 Å². The van der Waals surface area contributed by atoms with Crippen molar-refractivity contribution in [3.05, 3.63) is 65.7 Å². The van der Waals surface area contributed by atoms with Crippen LogP contribution in [0.2, 0.25) is 0 Å². The summed E-state index contributed by atoms with van der Waals surface area (Å²) in [6, 6.07) is 13.2. The topological polar surface area (TPSA) is 49.3 Å². The van der Waals surface area contributed by atoms with Gasteiger partial charge in [-0.05, 0) is 31.0 Å². The predicted octanol–water partition coefficient (Wildman–Crippen LogP) is 2.52. The van der Waals surface area contributed by atoms with E-state index in [0.717, 1.165) is 19.5 Å². The van der Waals surface area contributed by atoms with Gasteiger partial charge >= 0.3 is 0 Å². The van der Waals surface area contributed by atoms with Gasteiger partial charge in [0.25, 0.3) is 0 Å². The van der Waals surface area contributed by atoms with Crippen LogP contribution in [0.1, 0.15) is 18.2 Å². The third-order valence-electron chi connectivity index (χ3n) is 3.11. The van der Waals surface area contributed by atoms with Crippen LogP contribution in [0.4, 0.5) is 4.39 Å². The molecule has 4 nitrogen and oxygen atoms in total. The molecular weight excluding hydrogens is 279 g/mol. The second-order valence-corrected chi connectivity index (χ2v) is 4.79. The van der Waals surface area contributed by atoms with Crippen LogP contribution in [0.3, 0.4) is 0 Å². The monoisotopic (exact) mass is 300 g/mol. The molecule has 0 spiro atoms. The fourth-order valence-electron chi connectivity index (χ4n) is 2.00. The number of benzene rings is 1. The molecule has 0 fully saturated rings. The maximum Gasteiger partial charge on any atom is 0.191 e. The van der Waals surface area contributed by atoms with Gasteiger partial charge in [0, 0.05) is 19.3 Å². The quantitative estimate of drug-likeness (QED) is 0.636. The lowest BCUT2D eigenvalue weighted by Gasteiger charge is -2.11. The minimum atomic E-state index is -0.327. The number of guanidine groups is 1. The largest absolute Gasteiger partial charge is 0.357 e. The molecule has 0 unspecified atom stereocenters. The van der Waals surface area contributed by atoms with Gasteiger partial charge in [-0.15, -0.1) is 0 Å². The summed E-state index contributed by atoms with van der Waals surface area (Å²) in [7, 11) is 0. The van der Waals surface area contributed by atoms with Gasteiger partial charge in [-0.1, -0.05) is 30.3 Å². The van der Waals surface area contributed by atoms with Crippen molar-refractivity contribution in [1.29, 1.82) is 0 Å². The Morgan fingerprint density at radius 1 is 1.14 bits per heavy atom. The van der Waals surface area contributed by atoms with Gasteiger partial charge in [-0.2, -0.15) is 0 Å². The van der Waals surface area contributed by atoms with E-state index in [9.17, 15) is 4.39 Å². The van der Waals surface area contributed by atoms with Crippen molar-refractivity contribution in [1.82, 2.24) is 15.6 Å². The molecule has 0 saturated carbocycles. The summed E-state index contributed by atoms with van der Waals surface area (Å²) >= 11 is 0. The molecule has 0 aliphatic carbocycles. The van der Waals surface area contributed by atoms with E-state index in [-0.39, 0.29) is 12.4 Å². The zero-order valence-corrected chi connectivity index (χ0v) is 12.7. The number of nitrogens with zero attached hydrogens (tertiary/aromatic N) is 2. The summed E-state index contributed by atoms with van der Waals surface area (Å²) in [5, 5.41) is 6.39. The molecule has 0 atom stereocenters. The molecule has 0 aliphatic rings. The zero-order chi connectivity index (χ0) is 15.6. The highest BCUT2D eigenvalue weighted by Gasteiger charge is 2.02. The Hall–Kier alpha value is -2.43. The molecule has 2 aromatic rings. The van der Waals surface area contributed by atoms with Gasteiger partial charge < -0.3 is 10.6 Å². The average molecular weight is 300 g/mol. The number of halogens is 1. The molecule has 2 N–H and O–H groups in total. The fraction of sp³-hybridized carbons (Fsp3) is 0.294. The number of nitrogens with one attached hydrogen (secondary N) is 2. The maximum absolute atomic E-state index is 13.5. The fourth-order valence-corrected chi connectivity index (χ4v) is 2.00. The molecular formula is C17H21FN4. The highest BCUT2D eigenvalue weighted by molar-refractivity contribution is 5.79. The van der Waals surface area contributed by atoms with E-state index in [1.165, 1.54) is 11.6 Å². The average Bonchev–Trinajstić information content (AvgIpc) is 2.55. The molecule has 5 heteroatoms. The first-order chi connectivity index (χ1) is 10.8. The number of pyridine rings is 1. The lowest BCUT2D eigenvalue weighted by Crippen LogP contribution is -2.38. The molecule has 1 aromatic heterocycles. The van der Waals surface area contributed by atoms with Crippen molar-refractivity contribution in [3.63, 3.8) is 0 Å². The van der Waals surface area contributed by atoms with Crippen molar-refractivity contribution in [2.45, 2.75) is 19.9 Å². The van der Waals surface area contributed by atoms with Crippen molar-refractivity contribution in [3.8, 4) is 0 Å². The maximum atomic E-state index is 13.5. The van der Waals surface area contributed by atoms with Gasteiger partial charge in [-0.25, -0.2) is 9.38 Å². The SMILES string of the molecule is CCNC(=NCc1ncccc1F)NCCc1ccccc1. The molecule has 116 valence electrons. The third-order valence-corrected chi connectivity index (χ3v) is 3.11. The van der Waals surface area contributed by atoms with Crippen LogP contribution in [0.5, 0.6) is 0 Å². The first-order valence-electron chi connectivity index (χ1n) is 7.45. The van der Waals surface area contributed by atoms with E-state index < -0.39 is 0 Å². The lowest BCUT2D eigenvalue weighted by molar-refractivity contribution is 0.599. The summed E-state index contributed by atoms with van der Waals surface area (Å²) in [5.74, 6) is 0.342. The minimum absolute atomic E-state index is 0.216. The number of aromatic nitrogens is 1. The van der Waals surface area contributed by atoms with Crippen LogP contribution >= 0.6 is 0 Å². The third kappa shape index (κ3) is 5.16. The van der Waals surface area contributed by atoms with E-state index in [2.05, 4.69) is 32.7 Å². The summed E-state index contributed by atoms with van der Waals surface area (Å²) in [6.07, 6.45) is 2.48. The van der Waals surface area contributed by atoms with E-state index in [4.69, 9.17) is 0 Å². The second kappa shape index (κ2) is 8.77. The first-order valence-corrected chi connectivity index (χ1v) is 7.45. The zero-order valence-electron chi connectivity index (χ0n) is 12.7. The van der Waals surface area contributed by atoms with E-state index in [0.29, 0.717) is 11.7 Å². The standard InChI is InChI=1S/C17H21FN4/c1-2-19-17(21-12-10-14-7-4-3-5-8-14)22-13-16-15(18)9-6-11-20-16/h3-9,11H,2,10,12-13H2,1H3,(H2,19,21,22). The number of aliphatic imine (C=N–C) groups is 1. The van der Waals surface area contributed by atoms with Gasteiger partial charge in [-0.3, -0.25) is 4.98 Å². The van der Waals surface area contributed by atoms with Crippen molar-refractivity contribution < 1.29 is 4.39 Å². The van der Waals surface area contributed by atoms with Crippen molar-refractivity contribution in [2.24, 2.45) is 4.99 Å². The summed E-state index contributed by atoms with van der Waals surface area (Å²) in [5.41, 5.74) is 1.62. The van der Waals surface area contributed by atoms with Crippen LogP contribution in [-0.4, -0.2) is 24.0 Å². The van der Waals surface area contributed by atoms with Crippen molar-refractivity contribution in [2.75, 3.05) is 13.1 Å². The Morgan fingerprint density at radius 2 is 1.95 bits per heavy atom. The first kappa shape index (κ1) is 15.9. The Labute approximate surface area is 130 Å². The molecule has 0 saturated heterocycles. The van der Waals surface area contributed by atoms with Crippen LogP contribution in [0.25, 0.3) is 0 Å². The minimum Gasteiger partial charge on any atom is -0.357 e. The van der Waals surface area contributed by atoms with Gasteiger partial charge in [0.1, 0.15) is 5.82 Å². The van der Waals surface area contributed by atoms with E-state index in [1.807, 2.05) is 25.1 Å². The Balaban J connectivity index is 1.89. The second-order valence-electron chi connectivity index (χ2n) is 4.79. The highest BCUT2D eigenvalue weighted by atomic mass is 19.1. The Kier molecular flexibility index (Phi) is 6.36. The normalized spacial score (nSPS) is 11.3. The van der Waals surface area contributed by atoms with Crippen LogP contribution in [0, 0.1) is 5.82 Å². The predicted molar refractivity (Wildman–Crippen MR) is 87.2 cm³/mol. The molecule has 1 heterocycles. The van der Waals surface area contributed by atoms with Gasteiger partial charge in [0.05, 0.1) is 12.2 Å². The lowest BCUT2D eigenvalue weighted by atomic mass is 10.1. The molecule has 0 aliphatic heterocycles. The molecule has 1 aromatic carbocycles. The van der Waals surface area contributed by atoms with Crippen LogP contribution in [0.15, 0.2) is 53.7 Å². The number of rotatable bonds is 6. The highest BCUT2D eigenvalue weighted by Crippen LogP contribution is 2.03. The van der Waals surface area contributed by atoms with Gasteiger partial charge in [0.2, 0.25) is 0 Å². The van der Waals surface area contributed by atoms with E-state index >= 15 is 0 Å². The van der Waals surface area contributed by atoms with Crippen LogP contribution < -0.4 is 10.6 Å². The summed E-state index contributed by atoms with van der Waals surface area (Å²) < 4.78 is 13.5. The molecule has 0 radical (unpaired) electrons.